The summed E-state index contributed by atoms with van der Waals surface area (Å²) in [5.41, 5.74) is 5.41. The van der Waals surface area contributed by atoms with Gasteiger partial charge >= 0.3 is 0 Å². The molecule has 0 saturated carbocycles. The lowest BCUT2D eigenvalue weighted by atomic mass is 10.1. The quantitative estimate of drug-likeness (QED) is 0.259. The fourth-order valence-electron chi connectivity index (χ4n) is 2.74. The lowest BCUT2D eigenvalue weighted by Gasteiger charge is -2.07. The molecule has 23 heavy (non-hydrogen) atoms. The second-order valence-electron chi connectivity index (χ2n) is 6.57. The Hall–Kier alpha value is -0.160. The minimum atomic E-state index is 0.723. The first-order chi connectivity index (χ1) is 11.4. The van der Waals surface area contributed by atoms with E-state index >= 15 is 0 Å². The molecule has 0 bridgehead atoms. The van der Waals surface area contributed by atoms with Crippen LogP contribution >= 0.6 is 0 Å². The van der Waals surface area contributed by atoms with Crippen molar-refractivity contribution in [1.29, 1.82) is 0 Å². The van der Waals surface area contributed by atoms with Gasteiger partial charge in [-0.2, -0.15) is 0 Å². The van der Waals surface area contributed by atoms with Gasteiger partial charge in [-0.1, -0.05) is 71.1 Å². The van der Waals surface area contributed by atoms with Gasteiger partial charge in [-0.05, 0) is 13.0 Å². The van der Waals surface area contributed by atoms with Crippen molar-refractivity contribution < 1.29 is 0 Å². The molecule has 0 amide bonds. The number of unbranched alkanes of at least 4 members (excludes halogenated alkanes) is 10. The molecule has 0 fully saturated rings. The number of hydrogen-bond acceptors (Lipinski definition) is 4. The lowest BCUT2D eigenvalue weighted by molar-refractivity contribution is 0.533. The third-order valence-corrected chi connectivity index (χ3v) is 4.24. The molecular weight excluding hydrogens is 284 g/mol. The molecule has 0 aromatic heterocycles. The first kappa shape index (κ1) is 22.8. The third-order valence-electron chi connectivity index (χ3n) is 4.24. The van der Waals surface area contributed by atoms with Gasteiger partial charge in [0.2, 0.25) is 0 Å². The van der Waals surface area contributed by atoms with Crippen LogP contribution in [0.2, 0.25) is 0 Å². The summed E-state index contributed by atoms with van der Waals surface area (Å²) in [4.78, 5) is 0. The van der Waals surface area contributed by atoms with Crippen molar-refractivity contribution in [3.8, 4) is 0 Å². The predicted molar refractivity (Wildman–Crippen MR) is 104 cm³/mol. The molecule has 5 N–H and O–H groups in total. The second kappa shape index (κ2) is 21.8. The maximum absolute atomic E-state index is 5.41. The average Bonchev–Trinajstić information content (AvgIpc) is 2.57. The van der Waals surface area contributed by atoms with Gasteiger partial charge in [0.05, 0.1) is 0 Å². The van der Waals surface area contributed by atoms with Crippen molar-refractivity contribution in [2.24, 2.45) is 5.73 Å². The average molecular weight is 329 g/mol. The van der Waals surface area contributed by atoms with Crippen molar-refractivity contribution in [2.45, 2.75) is 77.6 Å². The Morgan fingerprint density at radius 2 is 0.870 bits per heavy atom. The van der Waals surface area contributed by atoms with Crippen LogP contribution in [0.3, 0.4) is 0 Å². The van der Waals surface area contributed by atoms with E-state index in [0.717, 1.165) is 39.3 Å². The van der Waals surface area contributed by atoms with E-state index in [-0.39, 0.29) is 0 Å². The minimum absolute atomic E-state index is 0.723. The Labute approximate surface area is 145 Å². The summed E-state index contributed by atoms with van der Waals surface area (Å²) in [6.45, 7) is 9.27. The van der Waals surface area contributed by atoms with Crippen LogP contribution in [-0.4, -0.2) is 45.8 Å². The second-order valence-corrected chi connectivity index (χ2v) is 6.57. The molecule has 0 aromatic carbocycles. The van der Waals surface area contributed by atoms with Crippen LogP contribution in [0, 0.1) is 0 Å². The molecule has 0 aliphatic carbocycles. The molecule has 0 radical (unpaired) electrons. The largest absolute Gasteiger partial charge is 0.329 e. The molecular formula is C19H44N4. The molecule has 0 saturated heterocycles. The molecule has 0 spiro atoms. The molecule has 0 heterocycles. The Kier molecular flexibility index (Phi) is 21.7. The molecule has 0 aromatic rings. The van der Waals surface area contributed by atoms with E-state index in [0.29, 0.717) is 0 Å². The highest BCUT2D eigenvalue weighted by molar-refractivity contribution is 4.56. The van der Waals surface area contributed by atoms with Gasteiger partial charge in [0.15, 0.2) is 0 Å². The molecule has 4 heteroatoms. The molecule has 0 atom stereocenters. The summed E-state index contributed by atoms with van der Waals surface area (Å²) < 4.78 is 0. The molecule has 140 valence electrons. The van der Waals surface area contributed by atoms with Gasteiger partial charge in [0, 0.05) is 39.3 Å². The fourth-order valence-corrected chi connectivity index (χ4v) is 2.74. The summed E-state index contributed by atoms with van der Waals surface area (Å²) in [5.74, 6) is 0. The van der Waals surface area contributed by atoms with Crippen molar-refractivity contribution in [3.63, 3.8) is 0 Å². The predicted octanol–water partition coefficient (Wildman–Crippen LogP) is 3.02. The zero-order chi connectivity index (χ0) is 16.8. The SMILES string of the molecule is CCCCCCCCCCCCCNCCNCCNCCN. The van der Waals surface area contributed by atoms with Crippen molar-refractivity contribution >= 4 is 0 Å². The number of nitrogens with one attached hydrogen (secondary N) is 3. The molecule has 0 aliphatic rings. The van der Waals surface area contributed by atoms with Crippen LogP contribution in [0.4, 0.5) is 0 Å². The standard InChI is InChI=1S/C19H44N4/c1-2-3-4-5-6-7-8-9-10-11-12-14-21-16-18-23-19-17-22-15-13-20/h21-23H,2-20H2,1H3. The van der Waals surface area contributed by atoms with E-state index in [9.17, 15) is 0 Å². The van der Waals surface area contributed by atoms with Crippen LogP contribution in [-0.2, 0) is 0 Å². The summed E-state index contributed by atoms with van der Waals surface area (Å²) >= 11 is 0. The Bertz CT molecular complexity index is 180. The highest BCUT2D eigenvalue weighted by Crippen LogP contribution is 2.10. The van der Waals surface area contributed by atoms with Gasteiger partial charge in [-0.25, -0.2) is 0 Å². The first-order valence-electron chi connectivity index (χ1n) is 10.2. The summed E-state index contributed by atoms with van der Waals surface area (Å²) in [7, 11) is 0. The maximum Gasteiger partial charge on any atom is 0.00772 e. The molecule has 0 unspecified atom stereocenters. The van der Waals surface area contributed by atoms with Gasteiger partial charge in [-0.15, -0.1) is 0 Å². The maximum atomic E-state index is 5.41. The van der Waals surface area contributed by atoms with Crippen LogP contribution in [0.15, 0.2) is 0 Å². The van der Waals surface area contributed by atoms with Crippen molar-refractivity contribution in [1.82, 2.24) is 16.0 Å². The van der Waals surface area contributed by atoms with Crippen LogP contribution < -0.4 is 21.7 Å². The molecule has 0 aliphatic heterocycles. The van der Waals surface area contributed by atoms with E-state index < -0.39 is 0 Å². The zero-order valence-corrected chi connectivity index (χ0v) is 15.8. The van der Waals surface area contributed by atoms with Crippen molar-refractivity contribution in [3.05, 3.63) is 0 Å². The summed E-state index contributed by atoms with van der Waals surface area (Å²) in [5, 5.41) is 10.2. The Morgan fingerprint density at radius 3 is 1.35 bits per heavy atom. The van der Waals surface area contributed by atoms with Gasteiger partial charge in [0.25, 0.3) is 0 Å². The monoisotopic (exact) mass is 328 g/mol. The number of nitrogens with two attached hydrogens (primary N) is 1. The number of hydrogen-bond donors (Lipinski definition) is 4. The van der Waals surface area contributed by atoms with E-state index in [1.807, 2.05) is 0 Å². The van der Waals surface area contributed by atoms with Gasteiger partial charge < -0.3 is 21.7 Å². The summed E-state index contributed by atoms with van der Waals surface area (Å²) in [6, 6.07) is 0. The van der Waals surface area contributed by atoms with Gasteiger partial charge in [-0.3, -0.25) is 0 Å². The van der Waals surface area contributed by atoms with E-state index in [1.165, 1.54) is 77.2 Å². The van der Waals surface area contributed by atoms with Crippen LogP contribution in [0.5, 0.6) is 0 Å². The fraction of sp³-hybridized carbons (Fsp3) is 1.00. The van der Waals surface area contributed by atoms with E-state index in [4.69, 9.17) is 5.73 Å². The van der Waals surface area contributed by atoms with Crippen molar-refractivity contribution in [2.75, 3.05) is 45.8 Å². The highest BCUT2D eigenvalue weighted by Gasteiger charge is 1.93. The third kappa shape index (κ3) is 21.8. The zero-order valence-electron chi connectivity index (χ0n) is 15.8. The minimum Gasteiger partial charge on any atom is -0.329 e. The molecule has 0 rings (SSSR count). The normalized spacial score (nSPS) is 11.2. The smallest absolute Gasteiger partial charge is 0.00772 e. The molecule has 4 nitrogen and oxygen atoms in total. The van der Waals surface area contributed by atoms with E-state index in [2.05, 4.69) is 22.9 Å². The van der Waals surface area contributed by atoms with E-state index in [1.54, 1.807) is 0 Å². The number of rotatable bonds is 20. The van der Waals surface area contributed by atoms with Gasteiger partial charge in [0.1, 0.15) is 0 Å². The summed E-state index contributed by atoms with van der Waals surface area (Å²) in [6.07, 6.45) is 15.6. The first-order valence-corrected chi connectivity index (χ1v) is 10.2. The topological polar surface area (TPSA) is 62.1 Å². The Morgan fingerprint density at radius 1 is 0.478 bits per heavy atom. The Balaban J connectivity index is 2.92. The van der Waals surface area contributed by atoms with Crippen LogP contribution in [0.1, 0.15) is 77.6 Å². The van der Waals surface area contributed by atoms with Crippen LogP contribution in [0.25, 0.3) is 0 Å². The highest BCUT2D eigenvalue weighted by atomic mass is 15.0. The lowest BCUT2D eigenvalue weighted by Crippen LogP contribution is -2.34.